The first-order chi connectivity index (χ1) is 12.4. The minimum absolute atomic E-state index is 0.00239. The zero-order valence-electron chi connectivity index (χ0n) is 14.8. The van der Waals surface area contributed by atoms with Crippen LogP contribution in [-0.2, 0) is 26.8 Å². The van der Waals surface area contributed by atoms with Gasteiger partial charge in [-0.05, 0) is 42.7 Å². The van der Waals surface area contributed by atoms with Crippen molar-refractivity contribution in [3.63, 3.8) is 0 Å². The molecule has 26 heavy (non-hydrogen) atoms. The first-order valence-corrected chi connectivity index (χ1v) is 10.7. The van der Waals surface area contributed by atoms with Gasteiger partial charge in [0.05, 0.1) is 24.5 Å². The van der Waals surface area contributed by atoms with Crippen molar-refractivity contribution in [1.82, 2.24) is 5.32 Å². The van der Waals surface area contributed by atoms with Crippen LogP contribution in [0.1, 0.15) is 43.4 Å². The number of amides is 1. The van der Waals surface area contributed by atoms with Crippen LogP contribution in [0, 0.1) is 0 Å². The van der Waals surface area contributed by atoms with Gasteiger partial charge in [-0.1, -0.05) is 31.4 Å². The lowest BCUT2D eigenvalue weighted by Gasteiger charge is -2.36. The molecule has 2 N–H and O–H groups in total. The highest BCUT2D eigenvalue weighted by Gasteiger charge is 2.40. The lowest BCUT2D eigenvalue weighted by molar-refractivity contribution is -0.128. The van der Waals surface area contributed by atoms with Crippen molar-refractivity contribution in [2.24, 2.45) is 0 Å². The Morgan fingerprint density at radius 2 is 1.81 bits per heavy atom. The van der Waals surface area contributed by atoms with E-state index in [0.717, 1.165) is 49.7 Å². The molecule has 1 heterocycles. The maximum Gasteiger partial charge on any atom is 0.231 e. The molecule has 7 heteroatoms. The highest BCUT2D eigenvalue weighted by Crippen LogP contribution is 2.40. The SMILES string of the molecule is CS(=O)(=O)Nc1ccc(C2(C(=O)NCc3ccco3)CCCCC2)cc1. The number of hydrogen-bond acceptors (Lipinski definition) is 4. The summed E-state index contributed by atoms with van der Waals surface area (Å²) >= 11 is 0. The molecule has 1 amide bonds. The summed E-state index contributed by atoms with van der Waals surface area (Å²) in [7, 11) is -3.32. The number of nitrogens with one attached hydrogen (secondary N) is 2. The fourth-order valence-corrected chi connectivity index (χ4v) is 4.19. The average Bonchev–Trinajstić information content (AvgIpc) is 3.13. The van der Waals surface area contributed by atoms with Gasteiger partial charge in [0, 0.05) is 5.69 Å². The molecule has 6 nitrogen and oxygen atoms in total. The molecule has 140 valence electrons. The van der Waals surface area contributed by atoms with E-state index in [2.05, 4.69) is 10.0 Å². The summed E-state index contributed by atoms with van der Waals surface area (Å²) in [6, 6.07) is 10.8. The van der Waals surface area contributed by atoms with Gasteiger partial charge in [-0.15, -0.1) is 0 Å². The number of carbonyl (C=O) groups excluding carboxylic acids is 1. The average molecular weight is 376 g/mol. The maximum absolute atomic E-state index is 13.1. The molecular formula is C19H24N2O4S. The van der Waals surface area contributed by atoms with Crippen LogP contribution >= 0.6 is 0 Å². The number of hydrogen-bond donors (Lipinski definition) is 2. The summed E-state index contributed by atoms with van der Waals surface area (Å²) in [5, 5.41) is 3.00. The van der Waals surface area contributed by atoms with Gasteiger partial charge in [-0.2, -0.15) is 0 Å². The normalized spacial score (nSPS) is 16.8. The molecular weight excluding hydrogens is 352 g/mol. The van der Waals surface area contributed by atoms with E-state index in [1.54, 1.807) is 24.5 Å². The third-order valence-corrected chi connectivity index (χ3v) is 5.49. The fraction of sp³-hybridized carbons (Fsp3) is 0.421. The Bertz CT molecular complexity index is 836. The molecule has 3 rings (SSSR count). The van der Waals surface area contributed by atoms with Gasteiger partial charge in [0.1, 0.15) is 5.76 Å². The summed E-state index contributed by atoms with van der Waals surface area (Å²) in [6.45, 7) is 0.362. The standard InChI is InChI=1S/C19H24N2O4S/c1-26(23,24)21-16-9-7-15(8-10-16)19(11-3-2-4-12-19)18(22)20-14-17-6-5-13-25-17/h5-10,13,21H,2-4,11-12,14H2,1H3,(H,20,22). The third kappa shape index (κ3) is 4.27. The van der Waals surface area contributed by atoms with Crippen molar-refractivity contribution in [3.8, 4) is 0 Å². The van der Waals surface area contributed by atoms with E-state index in [4.69, 9.17) is 4.42 Å². The van der Waals surface area contributed by atoms with Crippen molar-refractivity contribution in [1.29, 1.82) is 0 Å². The van der Waals surface area contributed by atoms with Crippen molar-refractivity contribution < 1.29 is 17.6 Å². The number of carbonyl (C=O) groups is 1. The second-order valence-corrected chi connectivity index (χ2v) is 8.60. The summed E-state index contributed by atoms with van der Waals surface area (Å²) < 4.78 is 30.5. The molecule has 0 radical (unpaired) electrons. The first kappa shape index (κ1) is 18.5. The van der Waals surface area contributed by atoms with E-state index in [0.29, 0.717) is 12.2 Å². The minimum Gasteiger partial charge on any atom is -0.467 e. The van der Waals surface area contributed by atoms with Crippen molar-refractivity contribution in [3.05, 3.63) is 54.0 Å². The summed E-state index contributed by atoms with van der Waals surface area (Å²) in [5.74, 6) is 0.717. The first-order valence-electron chi connectivity index (χ1n) is 8.78. The summed E-state index contributed by atoms with van der Waals surface area (Å²) in [5.41, 5.74) is 0.848. The molecule has 0 saturated heterocycles. The number of furan rings is 1. The number of anilines is 1. The highest BCUT2D eigenvalue weighted by molar-refractivity contribution is 7.92. The molecule has 1 aliphatic carbocycles. The summed E-state index contributed by atoms with van der Waals surface area (Å²) in [4.78, 5) is 13.1. The minimum atomic E-state index is -3.32. The molecule has 0 bridgehead atoms. The van der Waals surface area contributed by atoms with Crippen LogP contribution in [0.15, 0.2) is 47.1 Å². The molecule has 0 aliphatic heterocycles. The van der Waals surface area contributed by atoms with Crippen molar-refractivity contribution in [2.75, 3.05) is 11.0 Å². The maximum atomic E-state index is 13.1. The molecule has 1 saturated carbocycles. The topological polar surface area (TPSA) is 88.4 Å². The Morgan fingerprint density at radius 1 is 1.12 bits per heavy atom. The monoisotopic (exact) mass is 376 g/mol. The van der Waals surface area contributed by atoms with Crippen molar-refractivity contribution in [2.45, 2.75) is 44.1 Å². The van der Waals surface area contributed by atoms with Crippen molar-refractivity contribution >= 4 is 21.6 Å². The summed E-state index contributed by atoms with van der Waals surface area (Å²) in [6.07, 6.45) is 7.40. The molecule has 1 aliphatic rings. The van der Waals surface area contributed by atoms with Gasteiger partial charge >= 0.3 is 0 Å². The Morgan fingerprint density at radius 3 is 2.38 bits per heavy atom. The Kier molecular flexibility index (Phi) is 5.36. The second kappa shape index (κ2) is 7.53. The fourth-order valence-electron chi connectivity index (χ4n) is 3.62. The lowest BCUT2D eigenvalue weighted by atomic mass is 9.68. The van der Waals surface area contributed by atoms with Crippen LogP contribution in [0.25, 0.3) is 0 Å². The zero-order chi connectivity index (χ0) is 18.6. The molecule has 0 spiro atoms. The van der Waals surface area contributed by atoms with E-state index in [-0.39, 0.29) is 5.91 Å². The Labute approximate surface area is 154 Å². The predicted octanol–water partition coefficient (Wildman–Crippen LogP) is 3.17. The smallest absolute Gasteiger partial charge is 0.231 e. The molecule has 2 aromatic rings. The van der Waals surface area contributed by atoms with Gasteiger partial charge < -0.3 is 9.73 Å². The second-order valence-electron chi connectivity index (χ2n) is 6.86. The van der Waals surface area contributed by atoms with E-state index >= 15 is 0 Å². The Hall–Kier alpha value is -2.28. The van der Waals surface area contributed by atoms with Gasteiger partial charge in [0.15, 0.2) is 0 Å². The molecule has 0 unspecified atom stereocenters. The lowest BCUT2D eigenvalue weighted by Crippen LogP contribution is -2.45. The van der Waals surface area contributed by atoms with E-state index in [1.807, 2.05) is 18.2 Å². The van der Waals surface area contributed by atoms with E-state index in [9.17, 15) is 13.2 Å². The van der Waals surface area contributed by atoms with Crippen LogP contribution in [-0.4, -0.2) is 20.6 Å². The van der Waals surface area contributed by atoms with Crippen LogP contribution < -0.4 is 10.0 Å². The van der Waals surface area contributed by atoms with Crippen LogP contribution in [0.4, 0.5) is 5.69 Å². The van der Waals surface area contributed by atoms with Gasteiger partial charge in [-0.25, -0.2) is 8.42 Å². The van der Waals surface area contributed by atoms with Crippen LogP contribution in [0.3, 0.4) is 0 Å². The largest absolute Gasteiger partial charge is 0.467 e. The molecule has 1 fully saturated rings. The molecule has 0 atom stereocenters. The zero-order valence-corrected chi connectivity index (χ0v) is 15.6. The number of benzene rings is 1. The van der Waals surface area contributed by atoms with E-state index in [1.165, 1.54) is 0 Å². The van der Waals surface area contributed by atoms with Gasteiger partial charge in [-0.3, -0.25) is 9.52 Å². The van der Waals surface area contributed by atoms with E-state index < -0.39 is 15.4 Å². The van der Waals surface area contributed by atoms with Crippen LogP contribution in [0.2, 0.25) is 0 Å². The molecule has 1 aromatic carbocycles. The van der Waals surface area contributed by atoms with Crippen LogP contribution in [0.5, 0.6) is 0 Å². The highest BCUT2D eigenvalue weighted by atomic mass is 32.2. The predicted molar refractivity (Wildman–Crippen MR) is 100 cm³/mol. The third-order valence-electron chi connectivity index (χ3n) is 4.89. The van der Waals surface area contributed by atoms with Gasteiger partial charge in [0.2, 0.25) is 15.9 Å². The number of sulfonamides is 1. The quantitative estimate of drug-likeness (QED) is 0.810. The Balaban J connectivity index is 1.81. The van der Waals surface area contributed by atoms with Gasteiger partial charge in [0.25, 0.3) is 0 Å². The molecule has 1 aromatic heterocycles. The number of rotatable bonds is 6.